The molecular weight excluding hydrogens is 235 g/mol. The summed E-state index contributed by atoms with van der Waals surface area (Å²) in [4.78, 5) is 10.6. The second kappa shape index (κ2) is 5.79. The third-order valence-electron chi connectivity index (χ3n) is 1.82. The molecule has 0 aliphatic rings. The van der Waals surface area contributed by atoms with Gasteiger partial charge in [-0.3, -0.25) is 0 Å². The fourth-order valence-electron chi connectivity index (χ4n) is 1.07. The summed E-state index contributed by atoms with van der Waals surface area (Å²) in [6, 6.07) is 4.63. The number of hydrogen-bond acceptors (Lipinski definition) is 1. The van der Waals surface area contributed by atoms with Gasteiger partial charge in [-0.25, -0.2) is 4.79 Å². The van der Waals surface area contributed by atoms with Crippen molar-refractivity contribution in [2.45, 2.75) is 6.42 Å². The second-order valence-corrected chi connectivity index (χ2v) is 3.71. The molecule has 0 atom stereocenters. The van der Waals surface area contributed by atoms with Crippen LogP contribution in [-0.4, -0.2) is 17.0 Å². The molecule has 0 aliphatic carbocycles. The average molecular weight is 245 g/mol. The van der Waals surface area contributed by atoms with E-state index in [1.54, 1.807) is 6.07 Å². The predicted molar refractivity (Wildman–Crippen MR) is 62.8 cm³/mol. The normalized spacial score (nSPS) is 10.8. The minimum atomic E-state index is -0.979. The molecule has 0 saturated carbocycles. The molecule has 1 N–H and O–H groups in total. The first-order chi connectivity index (χ1) is 7.15. The van der Waals surface area contributed by atoms with Gasteiger partial charge in [-0.15, -0.1) is 11.6 Å². The maximum Gasteiger partial charge on any atom is 0.335 e. The van der Waals surface area contributed by atoms with Crippen molar-refractivity contribution < 1.29 is 9.90 Å². The highest BCUT2D eigenvalue weighted by molar-refractivity contribution is 6.32. The van der Waals surface area contributed by atoms with Crippen molar-refractivity contribution in [1.82, 2.24) is 0 Å². The smallest absolute Gasteiger partial charge is 0.335 e. The molecule has 1 aromatic rings. The summed E-state index contributed by atoms with van der Waals surface area (Å²) < 4.78 is 0. The van der Waals surface area contributed by atoms with Crippen molar-refractivity contribution >= 4 is 35.2 Å². The van der Waals surface area contributed by atoms with Crippen LogP contribution in [0.15, 0.2) is 24.3 Å². The molecule has 15 heavy (non-hydrogen) atoms. The molecule has 0 amide bonds. The van der Waals surface area contributed by atoms with Crippen LogP contribution in [0.25, 0.3) is 6.08 Å². The molecule has 1 aromatic carbocycles. The zero-order chi connectivity index (χ0) is 11.3. The van der Waals surface area contributed by atoms with Crippen LogP contribution in [0.3, 0.4) is 0 Å². The van der Waals surface area contributed by atoms with E-state index in [0.29, 0.717) is 10.9 Å². The highest BCUT2D eigenvalue weighted by Crippen LogP contribution is 2.19. The van der Waals surface area contributed by atoms with Crippen LogP contribution in [0, 0.1) is 0 Å². The molecule has 0 aromatic heterocycles. The van der Waals surface area contributed by atoms with Crippen molar-refractivity contribution in [3.05, 3.63) is 40.4 Å². The molecule has 0 spiro atoms. The van der Waals surface area contributed by atoms with Gasteiger partial charge in [-0.1, -0.05) is 29.8 Å². The van der Waals surface area contributed by atoms with E-state index in [4.69, 9.17) is 28.3 Å². The van der Waals surface area contributed by atoms with Crippen LogP contribution >= 0.6 is 23.2 Å². The molecule has 1 rings (SSSR count). The number of alkyl halides is 1. The Labute approximate surface area is 98.1 Å². The van der Waals surface area contributed by atoms with Crippen LogP contribution < -0.4 is 0 Å². The average Bonchev–Trinajstić information content (AvgIpc) is 2.20. The molecule has 80 valence electrons. The molecule has 0 unspecified atom stereocenters. The first-order valence-corrected chi connectivity index (χ1v) is 5.31. The Morgan fingerprint density at radius 3 is 2.73 bits per heavy atom. The van der Waals surface area contributed by atoms with E-state index >= 15 is 0 Å². The number of allylic oxidation sites excluding steroid dienone is 1. The van der Waals surface area contributed by atoms with Crippen LogP contribution in [0.1, 0.15) is 22.3 Å². The monoisotopic (exact) mass is 244 g/mol. The van der Waals surface area contributed by atoms with E-state index in [-0.39, 0.29) is 5.56 Å². The van der Waals surface area contributed by atoms with E-state index in [1.807, 2.05) is 12.2 Å². The van der Waals surface area contributed by atoms with E-state index in [2.05, 4.69) is 0 Å². The van der Waals surface area contributed by atoms with Gasteiger partial charge in [0.25, 0.3) is 0 Å². The number of halogens is 2. The van der Waals surface area contributed by atoms with E-state index in [9.17, 15) is 4.79 Å². The number of carboxylic acid groups (broad SMARTS) is 1. The minimum absolute atomic E-state index is 0.189. The molecule has 0 radical (unpaired) electrons. The summed E-state index contributed by atoms with van der Waals surface area (Å²) >= 11 is 11.4. The van der Waals surface area contributed by atoms with Crippen LogP contribution in [0.2, 0.25) is 5.02 Å². The first-order valence-electron chi connectivity index (χ1n) is 4.40. The lowest BCUT2D eigenvalue weighted by atomic mass is 10.1. The van der Waals surface area contributed by atoms with Gasteiger partial charge >= 0.3 is 5.97 Å². The summed E-state index contributed by atoms with van der Waals surface area (Å²) in [5.41, 5.74) is 0.987. The van der Waals surface area contributed by atoms with E-state index in [1.165, 1.54) is 12.1 Å². The standard InChI is InChI=1S/C11H10Cl2O2/c12-6-2-1-3-8-4-5-9(11(14)15)7-10(8)13/h1,3-5,7H,2,6H2,(H,14,15). The van der Waals surface area contributed by atoms with Crippen LogP contribution in [0.5, 0.6) is 0 Å². The molecule has 4 heteroatoms. The number of hydrogen-bond donors (Lipinski definition) is 1. The van der Waals surface area contributed by atoms with Crippen molar-refractivity contribution in [1.29, 1.82) is 0 Å². The Bertz CT molecular complexity index is 386. The SMILES string of the molecule is O=C(O)c1ccc(C=CCCCl)c(Cl)c1. The molecule has 0 heterocycles. The first kappa shape index (κ1) is 12.1. The summed E-state index contributed by atoms with van der Waals surface area (Å²) in [6.45, 7) is 0. The van der Waals surface area contributed by atoms with Gasteiger partial charge in [0.15, 0.2) is 0 Å². The summed E-state index contributed by atoms with van der Waals surface area (Å²) in [6.07, 6.45) is 4.49. The molecule has 0 fully saturated rings. The van der Waals surface area contributed by atoms with Crippen LogP contribution in [0.4, 0.5) is 0 Å². The number of carbonyl (C=O) groups is 1. The van der Waals surface area contributed by atoms with Gasteiger partial charge in [0, 0.05) is 10.9 Å². The summed E-state index contributed by atoms with van der Waals surface area (Å²) in [7, 11) is 0. The van der Waals surface area contributed by atoms with Gasteiger partial charge in [0.1, 0.15) is 0 Å². The quantitative estimate of drug-likeness (QED) is 0.821. The van der Waals surface area contributed by atoms with Gasteiger partial charge < -0.3 is 5.11 Å². The highest BCUT2D eigenvalue weighted by Gasteiger charge is 2.04. The molecule has 0 saturated heterocycles. The lowest BCUT2D eigenvalue weighted by molar-refractivity contribution is 0.0697. The topological polar surface area (TPSA) is 37.3 Å². The Morgan fingerprint density at radius 1 is 1.47 bits per heavy atom. The van der Waals surface area contributed by atoms with Gasteiger partial charge in [0.05, 0.1) is 5.56 Å². The van der Waals surface area contributed by atoms with E-state index in [0.717, 1.165) is 12.0 Å². The number of benzene rings is 1. The maximum atomic E-state index is 10.6. The molecule has 0 aliphatic heterocycles. The molecule has 0 bridgehead atoms. The summed E-state index contributed by atoms with van der Waals surface area (Å²) in [5, 5.41) is 9.15. The van der Waals surface area contributed by atoms with Crippen molar-refractivity contribution in [2.24, 2.45) is 0 Å². The third-order valence-corrected chi connectivity index (χ3v) is 2.37. The largest absolute Gasteiger partial charge is 0.478 e. The summed E-state index contributed by atoms with van der Waals surface area (Å²) in [5.74, 6) is -0.422. The van der Waals surface area contributed by atoms with Gasteiger partial charge in [-0.05, 0) is 24.1 Å². The Hall–Kier alpha value is -0.990. The lowest BCUT2D eigenvalue weighted by Gasteiger charge is -1.99. The number of carboxylic acids is 1. The number of rotatable bonds is 4. The lowest BCUT2D eigenvalue weighted by Crippen LogP contribution is -1.95. The predicted octanol–water partition coefficient (Wildman–Crippen LogP) is 3.68. The zero-order valence-corrected chi connectivity index (χ0v) is 9.42. The highest BCUT2D eigenvalue weighted by atomic mass is 35.5. The third kappa shape index (κ3) is 3.57. The fraction of sp³-hybridized carbons (Fsp3) is 0.182. The minimum Gasteiger partial charge on any atom is -0.478 e. The molecular formula is C11H10Cl2O2. The maximum absolute atomic E-state index is 10.6. The van der Waals surface area contributed by atoms with Crippen LogP contribution in [-0.2, 0) is 0 Å². The van der Waals surface area contributed by atoms with Crippen molar-refractivity contribution in [3.8, 4) is 0 Å². The van der Waals surface area contributed by atoms with Crippen molar-refractivity contribution in [2.75, 3.05) is 5.88 Å². The second-order valence-electron chi connectivity index (χ2n) is 2.92. The number of aromatic carboxylic acids is 1. The Balaban J connectivity index is 2.88. The Morgan fingerprint density at radius 2 is 2.20 bits per heavy atom. The fourth-order valence-corrected chi connectivity index (χ4v) is 1.44. The van der Waals surface area contributed by atoms with Gasteiger partial charge in [-0.2, -0.15) is 0 Å². The zero-order valence-electron chi connectivity index (χ0n) is 7.91. The molecule has 2 nitrogen and oxygen atoms in total. The Kier molecular flexibility index (Phi) is 4.66. The van der Waals surface area contributed by atoms with E-state index < -0.39 is 5.97 Å². The van der Waals surface area contributed by atoms with Gasteiger partial charge in [0.2, 0.25) is 0 Å². The van der Waals surface area contributed by atoms with Crippen molar-refractivity contribution in [3.63, 3.8) is 0 Å².